The van der Waals surface area contributed by atoms with Crippen molar-refractivity contribution >= 4 is 23.3 Å². The number of carbonyl (C=O) groups is 2. The molecule has 0 aliphatic heterocycles. The predicted octanol–water partition coefficient (Wildman–Crippen LogP) is 2.71. The number of carbonyl (C=O) groups excluding carboxylic acids is 2. The van der Waals surface area contributed by atoms with Gasteiger partial charge in [0.25, 0.3) is 11.6 Å². The average molecular weight is 344 g/mol. The zero-order valence-corrected chi connectivity index (χ0v) is 13.6. The Morgan fingerprint density at radius 2 is 1.96 bits per heavy atom. The number of rotatable bonds is 6. The lowest BCUT2D eigenvalue weighted by atomic mass is 10.2. The molecular weight excluding hydrogens is 328 g/mol. The maximum Gasteiger partial charge on any atom is 0.338 e. The van der Waals surface area contributed by atoms with Gasteiger partial charge >= 0.3 is 5.97 Å². The van der Waals surface area contributed by atoms with Crippen molar-refractivity contribution in [2.24, 2.45) is 0 Å². The van der Waals surface area contributed by atoms with Gasteiger partial charge in [-0.25, -0.2) is 4.79 Å². The Morgan fingerprint density at radius 1 is 1.20 bits per heavy atom. The number of non-ortho nitro benzene ring substituents is 1. The van der Waals surface area contributed by atoms with Crippen molar-refractivity contribution in [3.8, 4) is 5.75 Å². The summed E-state index contributed by atoms with van der Waals surface area (Å²) in [4.78, 5) is 34.0. The number of nitro benzene ring substituents is 1. The van der Waals surface area contributed by atoms with Crippen molar-refractivity contribution in [1.29, 1.82) is 0 Å². The molecule has 0 fully saturated rings. The van der Waals surface area contributed by atoms with Crippen molar-refractivity contribution in [2.75, 3.05) is 19.0 Å². The highest BCUT2D eigenvalue weighted by molar-refractivity contribution is 5.96. The van der Waals surface area contributed by atoms with Gasteiger partial charge in [-0.2, -0.15) is 0 Å². The molecule has 8 heteroatoms. The molecule has 130 valence electrons. The lowest BCUT2D eigenvalue weighted by molar-refractivity contribution is -0.384. The molecule has 1 N–H and O–H groups in total. The SMILES string of the molecule is COc1cccc(C(=O)OCC(=O)Nc2ccc([N+](=O)[O-])cc2C)c1. The molecule has 0 radical (unpaired) electrons. The van der Waals surface area contributed by atoms with Crippen LogP contribution in [-0.2, 0) is 9.53 Å². The van der Waals surface area contributed by atoms with Crippen molar-refractivity contribution in [2.45, 2.75) is 6.92 Å². The monoisotopic (exact) mass is 344 g/mol. The van der Waals surface area contributed by atoms with Crippen molar-refractivity contribution in [3.63, 3.8) is 0 Å². The first-order valence-corrected chi connectivity index (χ1v) is 7.27. The molecule has 0 aliphatic carbocycles. The van der Waals surface area contributed by atoms with E-state index < -0.39 is 23.4 Å². The molecule has 0 aliphatic rings. The van der Waals surface area contributed by atoms with Crippen LogP contribution in [0.2, 0.25) is 0 Å². The summed E-state index contributed by atoms with van der Waals surface area (Å²) < 4.78 is 9.96. The summed E-state index contributed by atoms with van der Waals surface area (Å²) in [6, 6.07) is 10.4. The average Bonchev–Trinajstić information content (AvgIpc) is 2.61. The second kappa shape index (κ2) is 7.91. The van der Waals surface area contributed by atoms with Gasteiger partial charge in [0.05, 0.1) is 17.6 Å². The molecule has 2 rings (SSSR count). The van der Waals surface area contributed by atoms with Gasteiger partial charge in [0.1, 0.15) is 5.75 Å². The number of hydrogen-bond acceptors (Lipinski definition) is 6. The first kappa shape index (κ1) is 17.9. The van der Waals surface area contributed by atoms with Crippen LogP contribution in [0.4, 0.5) is 11.4 Å². The lowest BCUT2D eigenvalue weighted by Gasteiger charge is -2.09. The van der Waals surface area contributed by atoms with E-state index in [0.717, 1.165) is 0 Å². The number of amides is 1. The lowest BCUT2D eigenvalue weighted by Crippen LogP contribution is -2.21. The van der Waals surface area contributed by atoms with Crippen LogP contribution in [0.5, 0.6) is 5.75 Å². The predicted molar refractivity (Wildman–Crippen MR) is 89.7 cm³/mol. The standard InChI is InChI=1S/C17H16N2O6/c1-11-8-13(19(22)23)6-7-15(11)18-16(20)10-25-17(21)12-4-3-5-14(9-12)24-2/h3-9H,10H2,1-2H3,(H,18,20). The minimum absolute atomic E-state index is 0.0695. The molecule has 0 bridgehead atoms. The Hall–Kier alpha value is -3.42. The molecule has 0 spiro atoms. The van der Waals surface area contributed by atoms with Crippen LogP contribution < -0.4 is 10.1 Å². The van der Waals surface area contributed by atoms with Crippen LogP contribution >= 0.6 is 0 Å². The van der Waals surface area contributed by atoms with E-state index in [4.69, 9.17) is 9.47 Å². The number of methoxy groups -OCH3 is 1. The third kappa shape index (κ3) is 4.77. The van der Waals surface area contributed by atoms with Crippen molar-refractivity contribution in [3.05, 3.63) is 63.7 Å². The van der Waals surface area contributed by atoms with Crippen LogP contribution in [0.1, 0.15) is 15.9 Å². The number of nitrogens with one attached hydrogen (secondary N) is 1. The van der Waals surface area contributed by atoms with Gasteiger partial charge in [-0.1, -0.05) is 6.07 Å². The first-order valence-electron chi connectivity index (χ1n) is 7.27. The maximum atomic E-state index is 11.9. The number of nitrogens with zero attached hydrogens (tertiary/aromatic N) is 1. The van der Waals surface area contributed by atoms with E-state index in [0.29, 0.717) is 17.0 Å². The largest absolute Gasteiger partial charge is 0.497 e. The van der Waals surface area contributed by atoms with Crippen LogP contribution in [0, 0.1) is 17.0 Å². The number of esters is 1. The summed E-state index contributed by atoms with van der Waals surface area (Å²) in [5.74, 6) is -0.705. The molecule has 8 nitrogen and oxygen atoms in total. The topological polar surface area (TPSA) is 108 Å². The van der Waals surface area contributed by atoms with Gasteiger partial charge < -0.3 is 14.8 Å². The number of nitro groups is 1. The maximum absolute atomic E-state index is 11.9. The number of ether oxygens (including phenoxy) is 2. The Bertz CT molecular complexity index is 819. The summed E-state index contributed by atoms with van der Waals surface area (Å²) in [6.07, 6.45) is 0. The molecule has 0 atom stereocenters. The third-order valence-corrected chi connectivity index (χ3v) is 3.33. The van der Waals surface area contributed by atoms with Crippen LogP contribution in [0.25, 0.3) is 0 Å². The highest BCUT2D eigenvalue weighted by atomic mass is 16.6. The molecule has 0 heterocycles. The second-order valence-electron chi connectivity index (χ2n) is 5.11. The van der Waals surface area contributed by atoms with E-state index in [1.54, 1.807) is 25.1 Å². The second-order valence-corrected chi connectivity index (χ2v) is 5.11. The summed E-state index contributed by atoms with van der Waals surface area (Å²) in [6.45, 7) is 1.15. The first-order chi connectivity index (χ1) is 11.9. The highest BCUT2D eigenvalue weighted by Crippen LogP contribution is 2.21. The normalized spacial score (nSPS) is 10.0. The number of aryl methyl sites for hydroxylation is 1. The molecule has 0 aromatic heterocycles. The Morgan fingerprint density at radius 3 is 2.60 bits per heavy atom. The molecule has 0 unspecified atom stereocenters. The van der Waals surface area contributed by atoms with E-state index in [1.165, 1.54) is 31.4 Å². The summed E-state index contributed by atoms with van der Waals surface area (Å²) in [5, 5.41) is 13.2. The third-order valence-electron chi connectivity index (χ3n) is 3.33. The van der Waals surface area contributed by atoms with Gasteiger partial charge in [0, 0.05) is 17.8 Å². The molecule has 2 aromatic rings. The van der Waals surface area contributed by atoms with Crippen molar-refractivity contribution < 1.29 is 24.0 Å². The number of hydrogen-bond donors (Lipinski definition) is 1. The zero-order valence-electron chi connectivity index (χ0n) is 13.6. The fourth-order valence-corrected chi connectivity index (χ4v) is 2.05. The Labute approximate surface area is 143 Å². The quantitative estimate of drug-likeness (QED) is 0.490. The van der Waals surface area contributed by atoms with E-state index in [1.807, 2.05) is 0 Å². The smallest absolute Gasteiger partial charge is 0.338 e. The fraction of sp³-hybridized carbons (Fsp3) is 0.176. The minimum Gasteiger partial charge on any atom is -0.497 e. The Kier molecular flexibility index (Phi) is 5.67. The number of benzene rings is 2. The zero-order chi connectivity index (χ0) is 18.4. The molecule has 1 amide bonds. The van der Waals surface area contributed by atoms with Crippen molar-refractivity contribution in [1.82, 2.24) is 0 Å². The minimum atomic E-state index is -0.658. The molecular formula is C17H16N2O6. The van der Waals surface area contributed by atoms with Gasteiger partial charge in [0.15, 0.2) is 6.61 Å². The van der Waals surface area contributed by atoms with E-state index in [2.05, 4.69) is 5.32 Å². The summed E-state index contributed by atoms with van der Waals surface area (Å²) in [5.41, 5.74) is 1.13. The Balaban J connectivity index is 1.94. The van der Waals surface area contributed by atoms with Crippen LogP contribution in [-0.4, -0.2) is 30.5 Å². The van der Waals surface area contributed by atoms with Gasteiger partial charge in [0.2, 0.25) is 0 Å². The fourth-order valence-electron chi connectivity index (χ4n) is 2.05. The van der Waals surface area contributed by atoms with Crippen LogP contribution in [0.15, 0.2) is 42.5 Å². The molecule has 0 saturated carbocycles. The van der Waals surface area contributed by atoms with Gasteiger partial charge in [-0.05, 0) is 36.8 Å². The molecule has 0 saturated heterocycles. The van der Waals surface area contributed by atoms with E-state index in [9.17, 15) is 19.7 Å². The van der Waals surface area contributed by atoms with Gasteiger partial charge in [-0.3, -0.25) is 14.9 Å². The van der Waals surface area contributed by atoms with E-state index in [-0.39, 0.29) is 11.3 Å². The van der Waals surface area contributed by atoms with Crippen LogP contribution in [0.3, 0.4) is 0 Å². The molecule has 25 heavy (non-hydrogen) atoms. The number of anilines is 1. The summed E-state index contributed by atoms with van der Waals surface area (Å²) >= 11 is 0. The highest BCUT2D eigenvalue weighted by Gasteiger charge is 2.13. The summed E-state index contributed by atoms with van der Waals surface area (Å²) in [7, 11) is 1.48. The van der Waals surface area contributed by atoms with E-state index >= 15 is 0 Å². The van der Waals surface area contributed by atoms with Gasteiger partial charge in [-0.15, -0.1) is 0 Å². The molecule has 2 aromatic carbocycles.